The maximum absolute atomic E-state index is 12.9. The smallest absolute Gasteiger partial charge is 0.339 e. The monoisotopic (exact) mass is 383 g/mol. The fraction of sp³-hybridized carbons (Fsp3) is 0.350. The molecule has 0 bridgehead atoms. The molecule has 1 unspecified atom stereocenters. The molecule has 1 aliphatic rings. The van der Waals surface area contributed by atoms with E-state index in [0.29, 0.717) is 48.0 Å². The molecule has 4 rings (SSSR count). The second-order valence-electron chi connectivity index (χ2n) is 6.87. The average Bonchev–Trinajstić information content (AvgIpc) is 3.22. The number of nitrogens with zero attached hydrogens (tertiary/aromatic N) is 3. The minimum atomic E-state index is -0.444. The number of aromatic nitrogens is 2. The van der Waals surface area contributed by atoms with Gasteiger partial charge in [0.15, 0.2) is 0 Å². The van der Waals surface area contributed by atoms with Crippen molar-refractivity contribution in [1.29, 1.82) is 0 Å². The molecule has 3 aromatic rings. The van der Waals surface area contributed by atoms with Gasteiger partial charge in [0.1, 0.15) is 17.6 Å². The van der Waals surface area contributed by atoms with Gasteiger partial charge in [-0.05, 0) is 25.1 Å². The normalized spacial score (nSPS) is 16.5. The second-order valence-corrected chi connectivity index (χ2v) is 6.87. The Kier molecular flexibility index (Phi) is 4.54. The molecular weight excluding hydrogens is 362 g/mol. The molecule has 146 valence electrons. The quantitative estimate of drug-likeness (QED) is 0.686. The number of methoxy groups -OCH3 is 1. The van der Waals surface area contributed by atoms with Crippen LogP contribution in [0.15, 0.2) is 39.5 Å². The SMILES string of the molecule is COc1c2ccc(C(=O)N3CCC(Oc4cc(C)oc(=O)c4)C3)cc2nn1C. The molecular formula is C20H21N3O5. The number of amides is 1. The summed E-state index contributed by atoms with van der Waals surface area (Å²) in [4.78, 5) is 26.1. The third-order valence-corrected chi connectivity index (χ3v) is 4.82. The van der Waals surface area contributed by atoms with Crippen LogP contribution >= 0.6 is 0 Å². The number of carbonyl (C=O) groups is 1. The summed E-state index contributed by atoms with van der Waals surface area (Å²) >= 11 is 0. The standard InChI is InChI=1S/C20H21N3O5/c1-12-8-15(10-18(24)27-12)28-14-6-7-23(11-14)19(25)13-4-5-16-17(9-13)21-22(2)20(16)26-3/h4-5,8-10,14H,6-7,11H2,1-3H3. The summed E-state index contributed by atoms with van der Waals surface area (Å²) < 4.78 is 17.8. The molecule has 28 heavy (non-hydrogen) atoms. The van der Waals surface area contributed by atoms with E-state index in [1.54, 1.807) is 48.9 Å². The van der Waals surface area contributed by atoms with E-state index in [-0.39, 0.29) is 12.0 Å². The van der Waals surface area contributed by atoms with Crippen LogP contribution in [0.5, 0.6) is 11.6 Å². The number of hydrogen-bond donors (Lipinski definition) is 0. The third-order valence-electron chi connectivity index (χ3n) is 4.82. The summed E-state index contributed by atoms with van der Waals surface area (Å²) in [5.41, 5.74) is 0.841. The Balaban J connectivity index is 1.48. The van der Waals surface area contributed by atoms with Crippen LogP contribution in [0, 0.1) is 6.92 Å². The van der Waals surface area contributed by atoms with Crippen molar-refractivity contribution in [2.45, 2.75) is 19.4 Å². The maximum atomic E-state index is 12.9. The van der Waals surface area contributed by atoms with E-state index in [1.807, 2.05) is 6.07 Å². The minimum absolute atomic E-state index is 0.0682. The van der Waals surface area contributed by atoms with E-state index in [9.17, 15) is 9.59 Å². The Hall–Kier alpha value is -3.29. The van der Waals surface area contributed by atoms with Crippen LogP contribution in [0.3, 0.4) is 0 Å². The zero-order valence-corrected chi connectivity index (χ0v) is 16.0. The molecule has 8 nitrogen and oxygen atoms in total. The van der Waals surface area contributed by atoms with Gasteiger partial charge in [-0.15, -0.1) is 0 Å². The van der Waals surface area contributed by atoms with Gasteiger partial charge in [0.05, 0.1) is 30.6 Å². The van der Waals surface area contributed by atoms with Crippen molar-refractivity contribution in [3.63, 3.8) is 0 Å². The summed E-state index contributed by atoms with van der Waals surface area (Å²) in [5.74, 6) is 1.55. The van der Waals surface area contributed by atoms with Gasteiger partial charge in [0.2, 0.25) is 5.88 Å². The van der Waals surface area contributed by atoms with Gasteiger partial charge >= 0.3 is 5.63 Å². The molecule has 3 heterocycles. The van der Waals surface area contributed by atoms with Crippen LogP contribution < -0.4 is 15.1 Å². The lowest BCUT2D eigenvalue weighted by atomic mass is 10.1. The Bertz CT molecular complexity index is 1100. The Morgan fingerprint density at radius 2 is 2.11 bits per heavy atom. The number of likely N-dealkylation sites (tertiary alicyclic amines) is 1. The van der Waals surface area contributed by atoms with Crippen molar-refractivity contribution in [3.8, 4) is 11.6 Å². The number of ether oxygens (including phenoxy) is 2. The number of fused-ring (bicyclic) bond motifs is 1. The number of hydrogen-bond acceptors (Lipinski definition) is 6. The summed E-state index contributed by atoms with van der Waals surface area (Å²) in [6.07, 6.45) is 0.536. The molecule has 0 spiro atoms. The Morgan fingerprint density at radius 3 is 2.86 bits per heavy atom. The van der Waals surface area contributed by atoms with Gasteiger partial charge in [-0.3, -0.25) is 4.79 Å². The third kappa shape index (κ3) is 3.33. The first-order chi connectivity index (χ1) is 13.4. The van der Waals surface area contributed by atoms with E-state index >= 15 is 0 Å². The van der Waals surface area contributed by atoms with Crippen molar-refractivity contribution in [2.75, 3.05) is 20.2 Å². The number of aryl methyl sites for hydroxylation is 2. The highest BCUT2D eigenvalue weighted by Crippen LogP contribution is 2.26. The molecule has 1 saturated heterocycles. The van der Waals surface area contributed by atoms with Crippen molar-refractivity contribution in [1.82, 2.24) is 14.7 Å². The van der Waals surface area contributed by atoms with Gasteiger partial charge in [0, 0.05) is 31.6 Å². The van der Waals surface area contributed by atoms with Gasteiger partial charge < -0.3 is 18.8 Å². The maximum Gasteiger partial charge on any atom is 0.339 e. The Labute approximate surface area is 161 Å². The second kappa shape index (κ2) is 7.03. The van der Waals surface area contributed by atoms with Crippen molar-refractivity contribution >= 4 is 16.8 Å². The number of rotatable bonds is 4. The molecule has 1 aromatic carbocycles. The highest BCUT2D eigenvalue weighted by Gasteiger charge is 2.29. The lowest BCUT2D eigenvalue weighted by Crippen LogP contribution is -2.31. The topological polar surface area (TPSA) is 86.8 Å². The Morgan fingerprint density at radius 1 is 1.29 bits per heavy atom. The highest BCUT2D eigenvalue weighted by molar-refractivity contribution is 5.98. The van der Waals surface area contributed by atoms with E-state index < -0.39 is 5.63 Å². The van der Waals surface area contributed by atoms with Crippen LogP contribution in [-0.2, 0) is 7.05 Å². The fourth-order valence-electron chi connectivity index (χ4n) is 3.58. The van der Waals surface area contributed by atoms with E-state index in [1.165, 1.54) is 6.07 Å². The predicted molar refractivity (Wildman–Crippen MR) is 102 cm³/mol. The molecule has 0 aliphatic carbocycles. The zero-order valence-electron chi connectivity index (χ0n) is 16.0. The number of carbonyl (C=O) groups excluding carboxylic acids is 1. The summed E-state index contributed by atoms with van der Waals surface area (Å²) in [6, 6.07) is 8.41. The van der Waals surface area contributed by atoms with Crippen LogP contribution in [-0.4, -0.2) is 46.9 Å². The number of benzene rings is 1. The molecule has 1 atom stereocenters. The van der Waals surface area contributed by atoms with E-state index in [2.05, 4.69) is 5.10 Å². The van der Waals surface area contributed by atoms with Crippen LogP contribution in [0.4, 0.5) is 0 Å². The fourth-order valence-corrected chi connectivity index (χ4v) is 3.58. The summed E-state index contributed by atoms with van der Waals surface area (Å²) in [6.45, 7) is 2.75. The van der Waals surface area contributed by atoms with Gasteiger partial charge in [0.25, 0.3) is 5.91 Å². The predicted octanol–water partition coefficient (Wildman–Crippen LogP) is 2.14. The molecule has 0 radical (unpaired) electrons. The summed E-state index contributed by atoms with van der Waals surface area (Å²) in [7, 11) is 3.40. The molecule has 1 aliphatic heterocycles. The molecule has 0 N–H and O–H groups in total. The van der Waals surface area contributed by atoms with E-state index in [4.69, 9.17) is 13.9 Å². The first kappa shape index (κ1) is 18.1. The first-order valence-corrected chi connectivity index (χ1v) is 9.03. The van der Waals surface area contributed by atoms with Gasteiger partial charge in [-0.2, -0.15) is 5.10 Å². The van der Waals surface area contributed by atoms with Crippen LogP contribution in [0.25, 0.3) is 10.9 Å². The molecule has 0 saturated carbocycles. The van der Waals surface area contributed by atoms with Crippen molar-refractivity contribution in [3.05, 3.63) is 52.1 Å². The minimum Gasteiger partial charge on any atom is -0.488 e. The average molecular weight is 383 g/mol. The molecule has 1 amide bonds. The zero-order chi connectivity index (χ0) is 19.8. The largest absolute Gasteiger partial charge is 0.488 e. The van der Waals surface area contributed by atoms with Crippen LogP contribution in [0.2, 0.25) is 0 Å². The van der Waals surface area contributed by atoms with Gasteiger partial charge in [-0.25, -0.2) is 9.48 Å². The molecule has 8 heteroatoms. The van der Waals surface area contributed by atoms with Crippen molar-refractivity contribution in [2.24, 2.45) is 7.05 Å². The summed E-state index contributed by atoms with van der Waals surface area (Å²) in [5, 5.41) is 5.26. The molecule has 1 fully saturated rings. The van der Waals surface area contributed by atoms with Gasteiger partial charge in [-0.1, -0.05) is 0 Å². The van der Waals surface area contributed by atoms with Crippen molar-refractivity contribution < 1.29 is 18.7 Å². The highest BCUT2D eigenvalue weighted by atomic mass is 16.5. The first-order valence-electron chi connectivity index (χ1n) is 9.03. The molecule has 2 aromatic heterocycles. The van der Waals surface area contributed by atoms with Crippen LogP contribution in [0.1, 0.15) is 22.5 Å². The lowest BCUT2D eigenvalue weighted by Gasteiger charge is -2.17. The lowest BCUT2D eigenvalue weighted by molar-refractivity contribution is 0.0772. The van der Waals surface area contributed by atoms with E-state index in [0.717, 1.165) is 5.39 Å².